The lowest BCUT2D eigenvalue weighted by Gasteiger charge is -2.09. The molecule has 0 atom stereocenters. The second-order valence-electron chi connectivity index (χ2n) is 4.87. The van der Waals surface area contributed by atoms with E-state index >= 15 is 0 Å². The molecule has 0 aliphatic heterocycles. The van der Waals surface area contributed by atoms with Crippen LogP contribution in [-0.2, 0) is 12.8 Å². The highest BCUT2D eigenvalue weighted by atomic mass is 32.1. The van der Waals surface area contributed by atoms with E-state index in [4.69, 9.17) is 4.42 Å². The van der Waals surface area contributed by atoms with Crippen molar-refractivity contribution in [3.63, 3.8) is 0 Å². The molecule has 1 N–H and O–H groups in total. The number of aryl methyl sites for hydroxylation is 2. The third kappa shape index (κ3) is 2.12. The number of hydrogen-bond donors (Lipinski definition) is 1. The number of fused-ring (bicyclic) bond motifs is 1. The average molecular weight is 286 g/mol. The Morgan fingerprint density at radius 3 is 2.95 bits per heavy atom. The van der Waals surface area contributed by atoms with Crippen molar-refractivity contribution in [2.24, 2.45) is 0 Å². The number of hydrogen-bond acceptors (Lipinski definition) is 4. The number of nitriles is 1. The van der Waals surface area contributed by atoms with Crippen LogP contribution in [0.15, 0.2) is 16.7 Å². The van der Waals surface area contributed by atoms with E-state index in [2.05, 4.69) is 11.4 Å². The number of carbonyl (C=O) groups excluding carboxylic acids is 1. The van der Waals surface area contributed by atoms with Gasteiger partial charge in [0.05, 0.1) is 17.4 Å². The van der Waals surface area contributed by atoms with Gasteiger partial charge in [0, 0.05) is 4.88 Å². The third-order valence-corrected chi connectivity index (χ3v) is 4.82. The summed E-state index contributed by atoms with van der Waals surface area (Å²) in [6.07, 6.45) is 5.72. The Kier molecular flexibility index (Phi) is 3.33. The Morgan fingerprint density at radius 1 is 1.45 bits per heavy atom. The topological polar surface area (TPSA) is 66.0 Å². The largest absolute Gasteiger partial charge is 0.469 e. The van der Waals surface area contributed by atoms with Crippen LogP contribution in [0.3, 0.4) is 0 Å². The second kappa shape index (κ2) is 5.14. The van der Waals surface area contributed by atoms with E-state index in [1.807, 2.05) is 0 Å². The highest BCUT2D eigenvalue weighted by Gasteiger charge is 2.22. The van der Waals surface area contributed by atoms with Gasteiger partial charge >= 0.3 is 0 Å². The van der Waals surface area contributed by atoms with Crippen molar-refractivity contribution in [1.82, 2.24) is 0 Å². The second-order valence-corrected chi connectivity index (χ2v) is 5.98. The third-order valence-electron chi connectivity index (χ3n) is 3.61. The van der Waals surface area contributed by atoms with Crippen LogP contribution in [0.2, 0.25) is 0 Å². The Hall–Kier alpha value is -2.06. The van der Waals surface area contributed by atoms with E-state index in [0.717, 1.165) is 31.2 Å². The molecule has 0 saturated carbocycles. The molecular formula is C15H14N2O2S. The van der Waals surface area contributed by atoms with Crippen molar-refractivity contribution in [3.8, 4) is 6.07 Å². The lowest BCUT2D eigenvalue weighted by atomic mass is 9.96. The molecule has 0 fully saturated rings. The fraction of sp³-hybridized carbons (Fsp3) is 0.333. The highest BCUT2D eigenvalue weighted by Crippen LogP contribution is 2.37. The minimum absolute atomic E-state index is 0.216. The smallest absolute Gasteiger partial charge is 0.259 e. The summed E-state index contributed by atoms with van der Waals surface area (Å²) in [7, 11) is 0. The summed E-state index contributed by atoms with van der Waals surface area (Å²) >= 11 is 1.53. The Bertz CT molecular complexity index is 706. The van der Waals surface area contributed by atoms with Gasteiger partial charge in [-0.05, 0) is 44.2 Å². The van der Waals surface area contributed by atoms with Gasteiger partial charge < -0.3 is 9.73 Å². The van der Waals surface area contributed by atoms with E-state index in [1.165, 1.54) is 22.5 Å². The van der Waals surface area contributed by atoms with E-state index < -0.39 is 0 Å². The molecule has 5 heteroatoms. The molecule has 0 aromatic carbocycles. The molecule has 1 aliphatic rings. The zero-order chi connectivity index (χ0) is 14.1. The number of nitrogens with zero attached hydrogens (tertiary/aromatic N) is 1. The molecule has 0 bridgehead atoms. The van der Waals surface area contributed by atoms with Crippen LogP contribution in [0.5, 0.6) is 0 Å². The summed E-state index contributed by atoms with van der Waals surface area (Å²) in [6.45, 7) is 1.75. The van der Waals surface area contributed by atoms with Gasteiger partial charge in [-0.1, -0.05) is 0 Å². The molecule has 0 radical (unpaired) electrons. The van der Waals surface area contributed by atoms with Gasteiger partial charge in [-0.2, -0.15) is 5.26 Å². The summed E-state index contributed by atoms with van der Waals surface area (Å²) in [6, 6.07) is 3.88. The molecule has 0 saturated heterocycles. The molecule has 0 spiro atoms. The van der Waals surface area contributed by atoms with Gasteiger partial charge in [0.2, 0.25) is 0 Å². The van der Waals surface area contributed by atoms with Crippen molar-refractivity contribution in [2.75, 3.05) is 5.32 Å². The summed E-state index contributed by atoms with van der Waals surface area (Å²) in [5, 5.41) is 12.9. The van der Waals surface area contributed by atoms with Crippen LogP contribution >= 0.6 is 11.3 Å². The molecule has 3 rings (SSSR count). The number of furan rings is 1. The van der Waals surface area contributed by atoms with Crippen LogP contribution in [-0.4, -0.2) is 5.91 Å². The molecule has 0 unspecified atom stereocenters. The highest BCUT2D eigenvalue weighted by molar-refractivity contribution is 7.16. The van der Waals surface area contributed by atoms with Crippen molar-refractivity contribution in [1.29, 1.82) is 5.26 Å². The summed E-state index contributed by atoms with van der Waals surface area (Å²) < 4.78 is 5.14. The van der Waals surface area contributed by atoms with Crippen molar-refractivity contribution < 1.29 is 9.21 Å². The number of nitrogens with one attached hydrogen (secondary N) is 1. The maximum Gasteiger partial charge on any atom is 0.259 e. The fourth-order valence-corrected chi connectivity index (χ4v) is 3.80. The van der Waals surface area contributed by atoms with Crippen LogP contribution in [0, 0.1) is 18.3 Å². The van der Waals surface area contributed by atoms with Gasteiger partial charge in [-0.3, -0.25) is 4.79 Å². The fourth-order valence-electron chi connectivity index (χ4n) is 2.56. The summed E-state index contributed by atoms with van der Waals surface area (Å²) in [4.78, 5) is 13.4. The Morgan fingerprint density at radius 2 is 2.25 bits per heavy atom. The zero-order valence-corrected chi connectivity index (χ0v) is 12.0. The molecule has 1 amide bonds. The SMILES string of the molecule is Cc1occc1C(=O)Nc1sc2c(c1C#N)CCCC2. The summed E-state index contributed by atoms with van der Waals surface area (Å²) in [5.41, 5.74) is 2.28. The van der Waals surface area contributed by atoms with Crippen molar-refractivity contribution >= 4 is 22.2 Å². The van der Waals surface area contributed by atoms with Crippen molar-refractivity contribution in [2.45, 2.75) is 32.6 Å². The van der Waals surface area contributed by atoms with E-state index in [-0.39, 0.29) is 5.91 Å². The molecule has 2 aromatic heterocycles. The van der Waals surface area contributed by atoms with Gasteiger partial charge in [0.1, 0.15) is 16.8 Å². The lowest BCUT2D eigenvalue weighted by Crippen LogP contribution is -2.12. The first-order chi connectivity index (χ1) is 9.70. The van der Waals surface area contributed by atoms with Gasteiger partial charge in [0.15, 0.2) is 0 Å². The maximum atomic E-state index is 12.2. The standard InChI is InChI=1S/C15H14N2O2S/c1-9-10(6-7-19-9)14(18)17-15-12(8-16)11-4-2-3-5-13(11)20-15/h6-7H,2-5H2,1H3,(H,17,18). The predicted molar refractivity (Wildman–Crippen MR) is 77.1 cm³/mol. The van der Waals surface area contributed by atoms with Crippen LogP contribution in [0.4, 0.5) is 5.00 Å². The molecule has 2 heterocycles. The van der Waals surface area contributed by atoms with Gasteiger partial charge in [-0.25, -0.2) is 0 Å². The van der Waals surface area contributed by atoms with Gasteiger partial charge in [-0.15, -0.1) is 11.3 Å². The molecule has 102 valence electrons. The Balaban J connectivity index is 1.92. The minimum atomic E-state index is -0.216. The molecule has 20 heavy (non-hydrogen) atoms. The monoisotopic (exact) mass is 286 g/mol. The quantitative estimate of drug-likeness (QED) is 0.916. The van der Waals surface area contributed by atoms with Crippen LogP contribution < -0.4 is 5.32 Å². The van der Waals surface area contributed by atoms with Crippen molar-refractivity contribution in [3.05, 3.63) is 39.7 Å². The van der Waals surface area contributed by atoms with E-state index in [9.17, 15) is 10.1 Å². The Labute approximate surface area is 121 Å². The molecule has 2 aromatic rings. The maximum absolute atomic E-state index is 12.2. The number of rotatable bonds is 2. The zero-order valence-electron chi connectivity index (χ0n) is 11.2. The first-order valence-corrected chi connectivity index (χ1v) is 7.42. The molecule has 1 aliphatic carbocycles. The van der Waals surface area contributed by atoms with E-state index in [1.54, 1.807) is 13.0 Å². The number of carbonyl (C=O) groups is 1. The van der Waals surface area contributed by atoms with Gasteiger partial charge in [0.25, 0.3) is 5.91 Å². The molecular weight excluding hydrogens is 272 g/mol. The summed E-state index contributed by atoms with van der Waals surface area (Å²) in [5.74, 6) is 0.369. The predicted octanol–water partition coefficient (Wildman–Crippen LogP) is 3.65. The first-order valence-electron chi connectivity index (χ1n) is 6.60. The number of anilines is 1. The first kappa shape index (κ1) is 12.9. The lowest BCUT2D eigenvalue weighted by molar-refractivity contribution is 0.102. The number of thiophene rings is 1. The normalized spacial score (nSPS) is 13.6. The van der Waals surface area contributed by atoms with Crippen LogP contribution in [0.25, 0.3) is 0 Å². The van der Waals surface area contributed by atoms with Crippen LogP contribution in [0.1, 0.15) is 45.0 Å². The number of amides is 1. The average Bonchev–Trinajstić information content (AvgIpc) is 3.01. The molecule has 4 nitrogen and oxygen atoms in total. The van der Waals surface area contributed by atoms with E-state index in [0.29, 0.717) is 21.9 Å². The minimum Gasteiger partial charge on any atom is -0.469 e.